The van der Waals surface area contributed by atoms with Gasteiger partial charge in [0.15, 0.2) is 0 Å². The van der Waals surface area contributed by atoms with E-state index in [-0.39, 0.29) is 23.5 Å². The molecule has 136 valence electrons. The fourth-order valence-corrected chi connectivity index (χ4v) is 3.56. The number of nitrogen functional groups attached to an aromatic ring is 1. The van der Waals surface area contributed by atoms with Gasteiger partial charge in [-0.25, -0.2) is 4.79 Å². The number of carbonyl (C=O) groups is 3. The number of hydrogen-bond acceptors (Lipinski definition) is 5. The quantitative estimate of drug-likeness (QED) is 0.604. The number of rotatable bonds is 6. The smallest absolute Gasteiger partial charge is 0.328 e. The third kappa shape index (κ3) is 4.00. The number of methoxy groups -OCH3 is 1. The molecule has 0 aliphatic heterocycles. The van der Waals surface area contributed by atoms with Crippen LogP contribution in [-0.2, 0) is 25.5 Å². The number of amides is 1. The number of hydrogen-bond donors (Lipinski definition) is 2. The SMILES string of the molecule is COC(=O)C(Cc1ccc(N)cc1)NC(=O)C1CC(C(C)=O)C1(C)C. The molecule has 2 rings (SSSR count). The second-order valence-corrected chi connectivity index (χ2v) is 7.30. The van der Waals surface area contributed by atoms with Crippen LogP contribution < -0.4 is 11.1 Å². The van der Waals surface area contributed by atoms with Crippen molar-refractivity contribution in [3.8, 4) is 0 Å². The average molecular weight is 346 g/mol. The van der Waals surface area contributed by atoms with Crippen LogP contribution in [0.5, 0.6) is 0 Å². The minimum absolute atomic E-state index is 0.0976. The first kappa shape index (κ1) is 19.0. The lowest BCUT2D eigenvalue weighted by molar-refractivity contribution is -0.153. The number of benzene rings is 1. The summed E-state index contributed by atoms with van der Waals surface area (Å²) in [4.78, 5) is 36.3. The summed E-state index contributed by atoms with van der Waals surface area (Å²) in [6.07, 6.45) is 0.839. The van der Waals surface area contributed by atoms with Gasteiger partial charge in [-0.2, -0.15) is 0 Å². The van der Waals surface area contributed by atoms with Gasteiger partial charge in [-0.05, 0) is 36.5 Å². The molecule has 1 amide bonds. The van der Waals surface area contributed by atoms with Crippen LogP contribution in [-0.4, -0.2) is 30.8 Å². The normalized spacial score (nSPS) is 22.4. The van der Waals surface area contributed by atoms with E-state index in [1.807, 2.05) is 26.0 Å². The Balaban J connectivity index is 2.07. The molecule has 6 heteroatoms. The van der Waals surface area contributed by atoms with Crippen molar-refractivity contribution in [2.45, 2.75) is 39.7 Å². The van der Waals surface area contributed by atoms with Gasteiger partial charge in [0.25, 0.3) is 0 Å². The Morgan fingerprint density at radius 2 is 1.84 bits per heavy atom. The predicted molar refractivity (Wildman–Crippen MR) is 94.6 cm³/mol. The largest absolute Gasteiger partial charge is 0.467 e. The van der Waals surface area contributed by atoms with E-state index in [0.717, 1.165) is 5.56 Å². The molecule has 6 nitrogen and oxygen atoms in total. The molecule has 3 N–H and O–H groups in total. The Labute approximate surface area is 148 Å². The van der Waals surface area contributed by atoms with Gasteiger partial charge in [-0.15, -0.1) is 0 Å². The maximum atomic E-state index is 12.6. The van der Waals surface area contributed by atoms with Crippen molar-refractivity contribution in [1.29, 1.82) is 0 Å². The van der Waals surface area contributed by atoms with Gasteiger partial charge in [-0.1, -0.05) is 26.0 Å². The van der Waals surface area contributed by atoms with Crippen LogP contribution in [0.2, 0.25) is 0 Å². The van der Waals surface area contributed by atoms with Gasteiger partial charge in [0.05, 0.1) is 7.11 Å². The minimum atomic E-state index is -0.770. The molecule has 0 bridgehead atoms. The average Bonchev–Trinajstić information content (AvgIpc) is 2.54. The number of anilines is 1. The van der Waals surface area contributed by atoms with Gasteiger partial charge in [-0.3, -0.25) is 9.59 Å². The third-order valence-corrected chi connectivity index (χ3v) is 5.30. The van der Waals surface area contributed by atoms with E-state index in [9.17, 15) is 14.4 Å². The second kappa shape index (κ2) is 7.25. The van der Waals surface area contributed by atoms with Crippen molar-refractivity contribution in [3.63, 3.8) is 0 Å². The van der Waals surface area contributed by atoms with Gasteiger partial charge < -0.3 is 15.8 Å². The predicted octanol–water partition coefficient (Wildman–Crippen LogP) is 1.72. The first-order chi connectivity index (χ1) is 11.7. The summed E-state index contributed by atoms with van der Waals surface area (Å²) in [7, 11) is 1.30. The number of esters is 1. The highest BCUT2D eigenvalue weighted by atomic mass is 16.5. The zero-order valence-electron chi connectivity index (χ0n) is 15.2. The lowest BCUT2D eigenvalue weighted by Crippen LogP contribution is -2.57. The van der Waals surface area contributed by atoms with E-state index >= 15 is 0 Å². The molecule has 1 aliphatic rings. The summed E-state index contributed by atoms with van der Waals surface area (Å²) in [5, 5.41) is 2.79. The molecule has 0 heterocycles. The van der Waals surface area contributed by atoms with Crippen molar-refractivity contribution in [1.82, 2.24) is 5.32 Å². The van der Waals surface area contributed by atoms with Crippen LogP contribution in [0.1, 0.15) is 32.8 Å². The lowest BCUT2D eigenvalue weighted by Gasteiger charge is -2.50. The zero-order valence-corrected chi connectivity index (χ0v) is 15.2. The van der Waals surface area contributed by atoms with Crippen LogP contribution in [0.4, 0.5) is 5.69 Å². The van der Waals surface area contributed by atoms with E-state index in [0.29, 0.717) is 18.5 Å². The summed E-state index contributed by atoms with van der Waals surface area (Å²) in [5.74, 6) is -1.02. The van der Waals surface area contributed by atoms with E-state index in [1.165, 1.54) is 7.11 Å². The third-order valence-electron chi connectivity index (χ3n) is 5.30. The van der Waals surface area contributed by atoms with E-state index in [4.69, 9.17) is 10.5 Å². The van der Waals surface area contributed by atoms with Crippen LogP contribution in [0.25, 0.3) is 0 Å². The molecule has 0 aromatic heterocycles. The molecule has 0 saturated heterocycles. The van der Waals surface area contributed by atoms with Gasteiger partial charge >= 0.3 is 5.97 Å². The van der Waals surface area contributed by atoms with Crippen LogP contribution in [0, 0.1) is 17.3 Å². The molecule has 1 fully saturated rings. The Morgan fingerprint density at radius 1 is 1.24 bits per heavy atom. The summed E-state index contributed by atoms with van der Waals surface area (Å²) in [6, 6.07) is 6.36. The lowest BCUT2D eigenvalue weighted by atomic mass is 9.53. The topological polar surface area (TPSA) is 98.5 Å². The number of Topliss-reactive ketones (excluding diaryl/α,β-unsaturated/α-hetero) is 1. The van der Waals surface area contributed by atoms with Crippen LogP contribution in [0.15, 0.2) is 24.3 Å². The van der Waals surface area contributed by atoms with Gasteiger partial charge in [0.2, 0.25) is 5.91 Å². The summed E-state index contributed by atoms with van der Waals surface area (Å²) < 4.78 is 4.82. The summed E-state index contributed by atoms with van der Waals surface area (Å²) in [5.41, 5.74) is 6.77. The molecule has 3 unspecified atom stereocenters. The highest BCUT2D eigenvalue weighted by Gasteiger charge is 2.53. The molecule has 25 heavy (non-hydrogen) atoms. The van der Waals surface area contributed by atoms with Crippen molar-refractivity contribution in [3.05, 3.63) is 29.8 Å². The standard InChI is InChI=1S/C19H26N2O4/c1-11(22)14-10-15(19(14,2)3)17(23)21-16(18(24)25-4)9-12-5-7-13(20)8-6-12/h5-8,14-16H,9-10,20H2,1-4H3,(H,21,23). The van der Waals surface area contributed by atoms with Gasteiger partial charge in [0.1, 0.15) is 11.8 Å². The Kier molecular flexibility index (Phi) is 5.50. The number of carbonyl (C=O) groups excluding carboxylic acids is 3. The van der Waals surface area contributed by atoms with Crippen molar-refractivity contribution in [2.75, 3.05) is 12.8 Å². The molecule has 0 radical (unpaired) electrons. The number of ether oxygens (including phenoxy) is 1. The maximum absolute atomic E-state index is 12.6. The van der Waals surface area contributed by atoms with Crippen molar-refractivity contribution in [2.24, 2.45) is 17.3 Å². The molecular weight excluding hydrogens is 320 g/mol. The van der Waals surface area contributed by atoms with Gasteiger partial charge in [0, 0.05) is 23.9 Å². The molecule has 1 aromatic carbocycles. The first-order valence-electron chi connectivity index (χ1n) is 8.40. The zero-order chi connectivity index (χ0) is 18.8. The molecule has 1 aromatic rings. The molecule has 3 atom stereocenters. The fourth-order valence-electron chi connectivity index (χ4n) is 3.56. The van der Waals surface area contributed by atoms with Crippen molar-refractivity contribution < 1.29 is 19.1 Å². The molecule has 0 spiro atoms. The summed E-state index contributed by atoms with van der Waals surface area (Å²) >= 11 is 0. The number of ketones is 1. The maximum Gasteiger partial charge on any atom is 0.328 e. The Bertz CT molecular complexity index is 667. The molecule has 1 saturated carbocycles. The van der Waals surface area contributed by atoms with Crippen LogP contribution in [0.3, 0.4) is 0 Å². The fraction of sp³-hybridized carbons (Fsp3) is 0.526. The molecule has 1 aliphatic carbocycles. The van der Waals surface area contributed by atoms with E-state index < -0.39 is 17.4 Å². The second-order valence-electron chi connectivity index (χ2n) is 7.30. The highest BCUT2D eigenvalue weighted by Crippen LogP contribution is 2.51. The van der Waals surface area contributed by atoms with Crippen molar-refractivity contribution >= 4 is 23.3 Å². The Hall–Kier alpha value is -2.37. The highest BCUT2D eigenvalue weighted by molar-refractivity contribution is 5.90. The number of nitrogens with two attached hydrogens (primary N) is 1. The van der Waals surface area contributed by atoms with E-state index in [1.54, 1.807) is 19.1 Å². The van der Waals surface area contributed by atoms with E-state index in [2.05, 4.69) is 5.32 Å². The molecular formula is C19H26N2O4. The van der Waals surface area contributed by atoms with Crippen LogP contribution >= 0.6 is 0 Å². The summed E-state index contributed by atoms with van der Waals surface area (Å²) in [6.45, 7) is 5.39. The Morgan fingerprint density at radius 3 is 2.32 bits per heavy atom. The first-order valence-corrected chi connectivity index (χ1v) is 8.40. The minimum Gasteiger partial charge on any atom is -0.467 e. The monoisotopic (exact) mass is 346 g/mol. The number of nitrogens with one attached hydrogen (secondary N) is 1.